The molecule has 0 unspecified atom stereocenters. The number of hydrogen-bond acceptors (Lipinski definition) is 2. The molecule has 0 heterocycles. The van der Waals surface area contributed by atoms with Gasteiger partial charge in [0.15, 0.2) is 0 Å². The molecule has 17 heavy (non-hydrogen) atoms. The van der Waals surface area contributed by atoms with E-state index in [1.807, 2.05) is 0 Å². The lowest BCUT2D eigenvalue weighted by Gasteiger charge is -2.28. The van der Waals surface area contributed by atoms with E-state index in [9.17, 15) is 4.79 Å². The van der Waals surface area contributed by atoms with Gasteiger partial charge in [-0.25, -0.2) is 0 Å². The van der Waals surface area contributed by atoms with Crippen LogP contribution >= 0.6 is 0 Å². The Hall–Kier alpha value is -1.31. The molecule has 1 fully saturated rings. The molecule has 1 aromatic carbocycles. The smallest absolute Gasteiger partial charge is 0.302 e. The second kappa shape index (κ2) is 5.35. The fourth-order valence-corrected chi connectivity index (χ4v) is 2.59. The summed E-state index contributed by atoms with van der Waals surface area (Å²) >= 11 is 0. The highest BCUT2D eigenvalue weighted by Crippen LogP contribution is 2.34. The fraction of sp³-hybridized carbons (Fsp3) is 0.533. The second-order valence-corrected chi connectivity index (χ2v) is 4.99. The number of esters is 1. The monoisotopic (exact) mass is 232 g/mol. The molecule has 0 aromatic heterocycles. The Balaban J connectivity index is 1.90. The summed E-state index contributed by atoms with van der Waals surface area (Å²) in [6.45, 7) is 3.60. The minimum atomic E-state index is -0.149. The molecule has 0 aliphatic heterocycles. The van der Waals surface area contributed by atoms with Crippen molar-refractivity contribution in [2.24, 2.45) is 0 Å². The number of hydrogen-bond donors (Lipinski definition) is 0. The number of rotatable bonds is 2. The molecular formula is C15H20O2. The summed E-state index contributed by atoms with van der Waals surface area (Å²) < 4.78 is 5.26. The Kier molecular flexibility index (Phi) is 3.82. The van der Waals surface area contributed by atoms with Gasteiger partial charge in [-0.1, -0.05) is 29.8 Å². The van der Waals surface area contributed by atoms with Gasteiger partial charge in [0.05, 0.1) is 0 Å². The van der Waals surface area contributed by atoms with Crippen molar-refractivity contribution < 1.29 is 9.53 Å². The van der Waals surface area contributed by atoms with Crippen LogP contribution in [0.1, 0.15) is 49.7 Å². The quantitative estimate of drug-likeness (QED) is 0.728. The Labute approximate surface area is 103 Å². The summed E-state index contributed by atoms with van der Waals surface area (Å²) in [6, 6.07) is 8.80. The van der Waals surface area contributed by atoms with Crippen LogP contribution in [0, 0.1) is 6.92 Å². The molecular weight excluding hydrogens is 212 g/mol. The fourth-order valence-electron chi connectivity index (χ4n) is 2.59. The molecule has 2 heteroatoms. The summed E-state index contributed by atoms with van der Waals surface area (Å²) in [6.07, 6.45) is 4.40. The molecule has 2 rings (SSSR count). The molecule has 0 amide bonds. The molecule has 0 radical (unpaired) electrons. The van der Waals surface area contributed by atoms with Crippen molar-refractivity contribution in [2.75, 3.05) is 0 Å². The number of benzene rings is 1. The molecule has 0 N–H and O–H groups in total. The third kappa shape index (κ3) is 3.32. The van der Waals surface area contributed by atoms with Gasteiger partial charge in [0.25, 0.3) is 0 Å². The van der Waals surface area contributed by atoms with E-state index >= 15 is 0 Å². The van der Waals surface area contributed by atoms with Crippen LogP contribution in [0.4, 0.5) is 0 Å². The molecule has 0 bridgehead atoms. The molecule has 0 spiro atoms. The van der Waals surface area contributed by atoms with Gasteiger partial charge in [0.2, 0.25) is 0 Å². The number of aryl methyl sites for hydroxylation is 1. The van der Waals surface area contributed by atoms with Gasteiger partial charge in [0, 0.05) is 6.92 Å². The highest BCUT2D eigenvalue weighted by atomic mass is 16.5. The summed E-state index contributed by atoms with van der Waals surface area (Å²) in [5.74, 6) is 0.492. The second-order valence-electron chi connectivity index (χ2n) is 4.99. The van der Waals surface area contributed by atoms with Crippen molar-refractivity contribution in [3.05, 3.63) is 35.4 Å². The van der Waals surface area contributed by atoms with Gasteiger partial charge < -0.3 is 4.74 Å². The summed E-state index contributed by atoms with van der Waals surface area (Å²) in [5, 5.41) is 0. The standard InChI is InChI=1S/C15H20O2/c1-11-3-5-13(6-4-11)14-7-9-15(10-8-14)17-12(2)16/h3-6,14-15H,7-10H2,1-2H3. The van der Waals surface area contributed by atoms with Gasteiger partial charge >= 0.3 is 5.97 Å². The number of carbonyl (C=O) groups is 1. The zero-order chi connectivity index (χ0) is 12.3. The lowest BCUT2D eigenvalue weighted by atomic mass is 9.82. The minimum Gasteiger partial charge on any atom is -0.463 e. The van der Waals surface area contributed by atoms with Gasteiger partial charge in [-0.05, 0) is 44.1 Å². The Bertz CT molecular complexity index is 372. The third-order valence-electron chi connectivity index (χ3n) is 3.56. The van der Waals surface area contributed by atoms with Gasteiger partial charge in [0.1, 0.15) is 6.10 Å². The van der Waals surface area contributed by atoms with E-state index < -0.39 is 0 Å². The zero-order valence-corrected chi connectivity index (χ0v) is 10.6. The van der Waals surface area contributed by atoms with Crippen molar-refractivity contribution in [1.29, 1.82) is 0 Å². The molecule has 1 aromatic rings. The van der Waals surface area contributed by atoms with E-state index in [1.54, 1.807) is 0 Å². The molecule has 0 saturated heterocycles. The van der Waals surface area contributed by atoms with Crippen LogP contribution in [0.3, 0.4) is 0 Å². The highest BCUT2D eigenvalue weighted by Gasteiger charge is 2.23. The molecule has 1 saturated carbocycles. The topological polar surface area (TPSA) is 26.3 Å². The first-order valence-electron chi connectivity index (χ1n) is 6.39. The average Bonchev–Trinajstić information content (AvgIpc) is 2.30. The van der Waals surface area contributed by atoms with Crippen molar-refractivity contribution >= 4 is 5.97 Å². The minimum absolute atomic E-state index is 0.147. The van der Waals surface area contributed by atoms with Gasteiger partial charge in [-0.15, -0.1) is 0 Å². The Morgan fingerprint density at radius 1 is 1.12 bits per heavy atom. The van der Waals surface area contributed by atoms with E-state index in [0.29, 0.717) is 5.92 Å². The largest absolute Gasteiger partial charge is 0.463 e. The number of carbonyl (C=O) groups excluding carboxylic acids is 1. The average molecular weight is 232 g/mol. The predicted molar refractivity (Wildman–Crippen MR) is 67.9 cm³/mol. The molecule has 1 aliphatic rings. The summed E-state index contributed by atoms with van der Waals surface area (Å²) in [7, 11) is 0. The first-order chi connectivity index (χ1) is 8.15. The van der Waals surface area contributed by atoms with E-state index in [1.165, 1.54) is 18.1 Å². The maximum absolute atomic E-state index is 10.9. The SMILES string of the molecule is CC(=O)OC1CCC(c2ccc(C)cc2)CC1. The van der Waals surface area contributed by atoms with E-state index in [0.717, 1.165) is 25.7 Å². The maximum Gasteiger partial charge on any atom is 0.302 e. The van der Waals surface area contributed by atoms with Crippen molar-refractivity contribution in [2.45, 2.75) is 51.6 Å². The van der Waals surface area contributed by atoms with Gasteiger partial charge in [-0.2, -0.15) is 0 Å². The van der Waals surface area contributed by atoms with Crippen LogP contribution in [0.2, 0.25) is 0 Å². The molecule has 1 aliphatic carbocycles. The third-order valence-corrected chi connectivity index (χ3v) is 3.56. The maximum atomic E-state index is 10.9. The predicted octanol–water partition coefficient (Wildman–Crippen LogP) is 3.58. The normalized spacial score (nSPS) is 24.4. The van der Waals surface area contributed by atoms with Crippen LogP contribution in [-0.4, -0.2) is 12.1 Å². The van der Waals surface area contributed by atoms with E-state index in [-0.39, 0.29) is 12.1 Å². The van der Waals surface area contributed by atoms with E-state index in [2.05, 4.69) is 31.2 Å². The van der Waals surface area contributed by atoms with Crippen LogP contribution in [0.25, 0.3) is 0 Å². The Morgan fingerprint density at radius 3 is 2.24 bits per heavy atom. The van der Waals surface area contributed by atoms with Crippen LogP contribution in [-0.2, 0) is 9.53 Å². The summed E-state index contributed by atoms with van der Waals surface area (Å²) in [5.41, 5.74) is 2.74. The van der Waals surface area contributed by atoms with Crippen molar-refractivity contribution in [3.8, 4) is 0 Å². The Morgan fingerprint density at radius 2 is 1.71 bits per heavy atom. The van der Waals surface area contributed by atoms with Crippen LogP contribution in [0.5, 0.6) is 0 Å². The van der Waals surface area contributed by atoms with Crippen LogP contribution in [0.15, 0.2) is 24.3 Å². The van der Waals surface area contributed by atoms with Gasteiger partial charge in [-0.3, -0.25) is 4.79 Å². The number of ether oxygens (including phenoxy) is 1. The highest BCUT2D eigenvalue weighted by molar-refractivity contribution is 5.66. The summed E-state index contributed by atoms with van der Waals surface area (Å²) in [4.78, 5) is 10.9. The van der Waals surface area contributed by atoms with Crippen molar-refractivity contribution in [1.82, 2.24) is 0 Å². The lowest BCUT2D eigenvalue weighted by Crippen LogP contribution is -2.22. The molecule has 2 nitrogen and oxygen atoms in total. The first kappa shape index (κ1) is 12.2. The van der Waals surface area contributed by atoms with Crippen LogP contribution < -0.4 is 0 Å². The molecule has 92 valence electrons. The van der Waals surface area contributed by atoms with E-state index in [4.69, 9.17) is 4.74 Å². The lowest BCUT2D eigenvalue weighted by molar-refractivity contribution is -0.147. The van der Waals surface area contributed by atoms with Crippen molar-refractivity contribution in [3.63, 3.8) is 0 Å². The molecule has 0 atom stereocenters. The zero-order valence-electron chi connectivity index (χ0n) is 10.6. The first-order valence-corrected chi connectivity index (χ1v) is 6.39.